The Hall–Kier alpha value is -1.11. The van der Waals surface area contributed by atoms with Crippen molar-refractivity contribution < 1.29 is 4.79 Å². The van der Waals surface area contributed by atoms with Gasteiger partial charge in [0.1, 0.15) is 5.78 Å². The monoisotopic (exact) mass is 176 g/mol. The predicted molar refractivity (Wildman–Crippen MR) is 55.5 cm³/mol. The summed E-state index contributed by atoms with van der Waals surface area (Å²) < 4.78 is 0. The number of rotatable bonds is 2. The Morgan fingerprint density at radius 3 is 2.77 bits per heavy atom. The predicted octanol–water partition coefficient (Wildman–Crippen LogP) is 3.19. The number of ketones is 1. The van der Waals surface area contributed by atoms with Crippen LogP contribution in [-0.2, 0) is 4.79 Å². The van der Waals surface area contributed by atoms with E-state index in [1.54, 1.807) is 6.08 Å². The molecular weight excluding hydrogens is 160 g/mol. The van der Waals surface area contributed by atoms with Crippen molar-refractivity contribution in [3.63, 3.8) is 0 Å². The first-order valence-electron chi connectivity index (χ1n) is 4.80. The molecule has 0 aromatic rings. The van der Waals surface area contributed by atoms with E-state index in [9.17, 15) is 4.79 Å². The topological polar surface area (TPSA) is 17.1 Å². The maximum Gasteiger partial charge on any atom is 0.137 e. The summed E-state index contributed by atoms with van der Waals surface area (Å²) in [5.41, 5.74) is 2.50. The molecule has 1 saturated carbocycles. The van der Waals surface area contributed by atoms with E-state index in [1.807, 2.05) is 6.08 Å². The lowest BCUT2D eigenvalue weighted by atomic mass is 9.88. The summed E-state index contributed by atoms with van der Waals surface area (Å²) in [6, 6.07) is 0. The van der Waals surface area contributed by atoms with Crippen molar-refractivity contribution in [1.82, 2.24) is 0 Å². The highest BCUT2D eigenvalue weighted by molar-refractivity contribution is 5.84. The van der Waals surface area contributed by atoms with Crippen molar-refractivity contribution in [3.8, 4) is 0 Å². The largest absolute Gasteiger partial charge is 0.299 e. The molecule has 0 aliphatic heterocycles. The molecule has 1 heteroatoms. The average molecular weight is 176 g/mol. The lowest BCUT2D eigenvalue weighted by Gasteiger charge is -2.16. The molecule has 70 valence electrons. The minimum absolute atomic E-state index is 0.348. The number of allylic oxidation sites excluding steroid dienone is 5. The van der Waals surface area contributed by atoms with E-state index in [0.29, 0.717) is 18.6 Å². The maximum atomic E-state index is 11.2. The van der Waals surface area contributed by atoms with E-state index in [4.69, 9.17) is 0 Å². The standard InChI is InChI=1S/C12H16O/c1-3-5-10-7-8-12(13)9-11(10)6-4-2/h4-6H,2-3,7-9H2,1H3/b10-5-,11-6-. The van der Waals surface area contributed by atoms with Gasteiger partial charge in [0.25, 0.3) is 0 Å². The first-order chi connectivity index (χ1) is 6.27. The van der Waals surface area contributed by atoms with Gasteiger partial charge in [0.2, 0.25) is 0 Å². The van der Waals surface area contributed by atoms with E-state index >= 15 is 0 Å². The van der Waals surface area contributed by atoms with Crippen molar-refractivity contribution in [2.24, 2.45) is 0 Å². The molecule has 1 rings (SSSR count). The number of hydrogen-bond donors (Lipinski definition) is 0. The fourth-order valence-corrected chi connectivity index (χ4v) is 1.64. The van der Waals surface area contributed by atoms with E-state index in [-0.39, 0.29) is 0 Å². The van der Waals surface area contributed by atoms with Gasteiger partial charge in [-0.1, -0.05) is 31.7 Å². The van der Waals surface area contributed by atoms with E-state index in [1.165, 1.54) is 5.57 Å². The zero-order valence-corrected chi connectivity index (χ0v) is 8.18. The third kappa shape index (κ3) is 2.69. The molecule has 1 aliphatic rings. The highest BCUT2D eigenvalue weighted by atomic mass is 16.1. The second kappa shape index (κ2) is 4.80. The molecule has 0 amide bonds. The van der Waals surface area contributed by atoms with Gasteiger partial charge in [-0.3, -0.25) is 4.79 Å². The number of hydrogen-bond acceptors (Lipinski definition) is 1. The SMILES string of the molecule is C=C/C=C1/CC(=O)CC/C1=C/CC. The van der Waals surface area contributed by atoms with Crippen LogP contribution in [0, 0.1) is 0 Å². The summed E-state index contributed by atoms with van der Waals surface area (Å²) in [7, 11) is 0. The van der Waals surface area contributed by atoms with Crippen LogP contribution in [0.5, 0.6) is 0 Å². The van der Waals surface area contributed by atoms with Crippen molar-refractivity contribution in [2.75, 3.05) is 0 Å². The van der Waals surface area contributed by atoms with Crippen LogP contribution in [0.4, 0.5) is 0 Å². The first-order valence-corrected chi connectivity index (χ1v) is 4.80. The summed E-state index contributed by atoms with van der Waals surface area (Å²) in [4.78, 5) is 11.2. The molecule has 0 heterocycles. The Kier molecular flexibility index (Phi) is 3.69. The van der Waals surface area contributed by atoms with Crippen LogP contribution >= 0.6 is 0 Å². The molecule has 1 aliphatic carbocycles. The van der Waals surface area contributed by atoms with E-state index in [0.717, 1.165) is 18.4 Å². The molecule has 0 aromatic carbocycles. The highest BCUT2D eigenvalue weighted by Gasteiger charge is 2.16. The Bertz CT molecular complexity index is 269. The summed E-state index contributed by atoms with van der Waals surface area (Å²) in [6.07, 6.45) is 9.18. The van der Waals surface area contributed by atoms with Crippen LogP contribution in [0.3, 0.4) is 0 Å². The lowest BCUT2D eigenvalue weighted by Crippen LogP contribution is -2.09. The Labute approximate surface area is 79.8 Å². The summed E-state index contributed by atoms with van der Waals surface area (Å²) in [6.45, 7) is 5.78. The van der Waals surface area contributed by atoms with Gasteiger partial charge in [-0.25, -0.2) is 0 Å². The molecule has 0 N–H and O–H groups in total. The quantitative estimate of drug-likeness (QED) is 0.631. The number of Topliss-reactive ketones (excluding diaryl/α,β-unsaturated/α-hetero) is 1. The second-order valence-electron chi connectivity index (χ2n) is 3.28. The van der Waals surface area contributed by atoms with E-state index < -0.39 is 0 Å². The maximum absolute atomic E-state index is 11.2. The minimum atomic E-state index is 0.348. The van der Waals surface area contributed by atoms with Gasteiger partial charge in [-0.2, -0.15) is 0 Å². The fraction of sp³-hybridized carbons (Fsp3) is 0.417. The molecule has 13 heavy (non-hydrogen) atoms. The smallest absolute Gasteiger partial charge is 0.137 e. The average Bonchev–Trinajstić information content (AvgIpc) is 2.10. The van der Waals surface area contributed by atoms with Crippen molar-refractivity contribution in [3.05, 3.63) is 36.0 Å². The molecule has 0 bridgehead atoms. The third-order valence-electron chi connectivity index (χ3n) is 2.24. The van der Waals surface area contributed by atoms with Crippen LogP contribution in [0.25, 0.3) is 0 Å². The summed E-state index contributed by atoms with van der Waals surface area (Å²) >= 11 is 0. The molecule has 0 radical (unpaired) electrons. The van der Waals surface area contributed by atoms with Crippen LogP contribution < -0.4 is 0 Å². The molecule has 1 fully saturated rings. The molecule has 0 unspecified atom stereocenters. The molecule has 0 aromatic heterocycles. The zero-order chi connectivity index (χ0) is 9.68. The molecular formula is C12H16O. The number of carbonyl (C=O) groups is 1. The van der Waals surface area contributed by atoms with Crippen LogP contribution in [0.1, 0.15) is 32.6 Å². The molecule has 0 atom stereocenters. The molecule has 0 saturated heterocycles. The fourth-order valence-electron chi connectivity index (χ4n) is 1.64. The first kappa shape index (κ1) is 9.97. The van der Waals surface area contributed by atoms with Gasteiger partial charge < -0.3 is 0 Å². The van der Waals surface area contributed by atoms with Crippen LogP contribution in [0.15, 0.2) is 36.0 Å². The Morgan fingerprint density at radius 2 is 2.15 bits per heavy atom. The highest BCUT2D eigenvalue weighted by Crippen LogP contribution is 2.26. The third-order valence-corrected chi connectivity index (χ3v) is 2.24. The van der Waals surface area contributed by atoms with Crippen LogP contribution in [0.2, 0.25) is 0 Å². The van der Waals surface area contributed by atoms with Gasteiger partial charge in [0, 0.05) is 12.8 Å². The minimum Gasteiger partial charge on any atom is -0.299 e. The zero-order valence-electron chi connectivity index (χ0n) is 8.18. The van der Waals surface area contributed by atoms with Crippen molar-refractivity contribution >= 4 is 5.78 Å². The molecule has 0 spiro atoms. The molecule has 1 nitrogen and oxygen atoms in total. The lowest BCUT2D eigenvalue weighted by molar-refractivity contribution is -0.118. The van der Waals surface area contributed by atoms with Crippen molar-refractivity contribution in [2.45, 2.75) is 32.6 Å². The van der Waals surface area contributed by atoms with Crippen molar-refractivity contribution in [1.29, 1.82) is 0 Å². The van der Waals surface area contributed by atoms with Gasteiger partial charge in [0.05, 0.1) is 0 Å². The van der Waals surface area contributed by atoms with Gasteiger partial charge in [0.15, 0.2) is 0 Å². The second-order valence-corrected chi connectivity index (χ2v) is 3.28. The van der Waals surface area contributed by atoms with Crippen LogP contribution in [-0.4, -0.2) is 5.78 Å². The van der Waals surface area contributed by atoms with Gasteiger partial charge >= 0.3 is 0 Å². The van der Waals surface area contributed by atoms with E-state index in [2.05, 4.69) is 19.6 Å². The normalized spacial score (nSPS) is 23.9. The van der Waals surface area contributed by atoms with Gasteiger partial charge in [-0.15, -0.1) is 0 Å². The summed E-state index contributed by atoms with van der Waals surface area (Å²) in [5.74, 6) is 0.348. The summed E-state index contributed by atoms with van der Waals surface area (Å²) in [5, 5.41) is 0. The Balaban J connectivity index is 2.84. The Morgan fingerprint density at radius 1 is 1.38 bits per heavy atom. The van der Waals surface area contributed by atoms with Gasteiger partial charge in [-0.05, 0) is 24.0 Å². The number of carbonyl (C=O) groups excluding carboxylic acids is 1.